The van der Waals surface area contributed by atoms with Gasteiger partial charge in [-0.2, -0.15) is 4.57 Å². The van der Waals surface area contributed by atoms with E-state index in [-0.39, 0.29) is 0 Å². The van der Waals surface area contributed by atoms with Gasteiger partial charge in [0.1, 0.15) is 17.2 Å². The number of rotatable bonds is 54. The number of phosphoric ester groups is 1. The summed E-state index contributed by atoms with van der Waals surface area (Å²) in [6.07, 6.45) is 30.7. The third-order valence-electron chi connectivity index (χ3n) is 14.6. The highest BCUT2D eigenvalue weighted by atomic mass is 31.2. The van der Waals surface area contributed by atoms with Crippen LogP contribution < -0.4 is 13.6 Å². The second kappa shape index (κ2) is 47.5. The molecule has 3 rings (SSSR count). The molecule has 0 aliphatic carbocycles. The number of phosphoric acid groups is 1. The van der Waals surface area contributed by atoms with Gasteiger partial charge in [0.2, 0.25) is 0 Å². The third-order valence-corrected chi connectivity index (χ3v) is 15.8. The zero-order valence-corrected chi connectivity index (χ0v) is 53.7. The van der Waals surface area contributed by atoms with E-state index in [1.807, 2.05) is 36.4 Å². The van der Waals surface area contributed by atoms with Crippen molar-refractivity contribution in [1.29, 1.82) is 0 Å². The van der Waals surface area contributed by atoms with Crippen LogP contribution in [0, 0.1) is 0 Å². The lowest BCUT2D eigenvalue weighted by Gasteiger charge is -2.24. The van der Waals surface area contributed by atoms with E-state index in [2.05, 4.69) is 57.7 Å². The average Bonchev–Trinajstić information content (AvgIpc) is 1.37. The quantitative estimate of drug-likeness (QED) is 0.0170. The first kappa shape index (κ1) is 75.8. The van der Waals surface area contributed by atoms with Gasteiger partial charge in [-0.3, -0.25) is 0 Å². The number of esters is 6. The number of carbonyl (C=O) groups is 6. The molecule has 488 valence electrons. The predicted octanol–water partition coefficient (Wildman–Crippen LogP) is 16.3. The molecule has 0 saturated heterocycles. The summed E-state index contributed by atoms with van der Waals surface area (Å²) in [7, 11) is -4.65. The third kappa shape index (κ3) is 35.4. The molecule has 0 aromatic heterocycles. The maximum atomic E-state index is 16.2. The summed E-state index contributed by atoms with van der Waals surface area (Å²) in [5, 5.41) is 0. The van der Waals surface area contributed by atoms with E-state index in [1.54, 1.807) is 0 Å². The Balaban J connectivity index is 2.10. The van der Waals surface area contributed by atoms with Gasteiger partial charge < -0.3 is 42.0 Å². The molecule has 0 saturated carbocycles. The van der Waals surface area contributed by atoms with Crippen molar-refractivity contribution in [2.24, 2.45) is 0 Å². The maximum Gasteiger partial charge on any atom is 0.647 e. The minimum atomic E-state index is -4.65. The SMILES string of the molecule is C=CC(=O)OCCCCCCc1ccc(OP(=O)(Oc2ccc(CCCCCCOC(=O)C=C)cc2CCCCCCOC(=O)C=C)Oc2ccc(CCCCCCOC(=O)C=C)cc2CCCCCCOC(=O)C=C)c(CCCCCCOC(=O)C=C)c1. The van der Waals surface area contributed by atoms with E-state index in [0.29, 0.717) is 95.4 Å². The van der Waals surface area contributed by atoms with Gasteiger partial charge in [0.15, 0.2) is 0 Å². The van der Waals surface area contributed by atoms with Crippen molar-refractivity contribution in [1.82, 2.24) is 0 Å². The molecule has 0 aliphatic heterocycles. The van der Waals surface area contributed by atoms with Crippen LogP contribution in [0.2, 0.25) is 0 Å². The van der Waals surface area contributed by atoms with E-state index >= 15 is 4.57 Å². The molecule has 0 spiro atoms. The molecule has 0 bridgehead atoms. The van der Waals surface area contributed by atoms with Gasteiger partial charge in [-0.15, -0.1) is 0 Å². The molecule has 16 nitrogen and oxygen atoms in total. The number of aryl methyl sites for hydroxylation is 6. The van der Waals surface area contributed by atoms with Crippen LogP contribution in [0.15, 0.2) is 131 Å². The normalized spacial score (nSPS) is 10.9. The Morgan fingerprint density at radius 1 is 0.281 bits per heavy atom. The molecule has 3 aromatic carbocycles. The van der Waals surface area contributed by atoms with Crippen LogP contribution in [0.25, 0.3) is 0 Å². The number of carbonyl (C=O) groups excluding carboxylic acids is 6. The molecule has 3 aromatic rings. The second-order valence-electron chi connectivity index (χ2n) is 21.8. The zero-order chi connectivity index (χ0) is 64.6. The molecule has 0 amide bonds. The van der Waals surface area contributed by atoms with E-state index in [0.717, 1.165) is 224 Å². The number of hydrogen-bond acceptors (Lipinski definition) is 16. The highest BCUT2D eigenvalue weighted by molar-refractivity contribution is 7.49. The molecule has 0 aliphatic rings. The fourth-order valence-corrected chi connectivity index (χ4v) is 11.1. The minimum Gasteiger partial charge on any atom is -0.463 e. The van der Waals surface area contributed by atoms with Crippen molar-refractivity contribution < 1.29 is 75.3 Å². The smallest absolute Gasteiger partial charge is 0.463 e. The maximum absolute atomic E-state index is 16.2. The van der Waals surface area contributed by atoms with Crippen molar-refractivity contribution in [2.45, 2.75) is 193 Å². The van der Waals surface area contributed by atoms with Crippen LogP contribution in [-0.2, 0) is 100 Å². The Bertz CT molecular complexity index is 2440. The van der Waals surface area contributed by atoms with E-state index < -0.39 is 43.6 Å². The number of ether oxygens (including phenoxy) is 6. The Morgan fingerprint density at radius 3 is 0.674 bits per heavy atom. The summed E-state index contributed by atoms with van der Waals surface area (Å²) in [5.74, 6) is -1.56. The van der Waals surface area contributed by atoms with Gasteiger partial charge in [0.05, 0.1) is 39.6 Å². The lowest BCUT2D eigenvalue weighted by atomic mass is 9.99. The molecule has 17 heteroatoms. The van der Waals surface area contributed by atoms with Crippen molar-refractivity contribution in [3.05, 3.63) is 164 Å². The van der Waals surface area contributed by atoms with Gasteiger partial charge in [-0.1, -0.05) is 153 Å². The van der Waals surface area contributed by atoms with Crippen LogP contribution in [0.3, 0.4) is 0 Å². The van der Waals surface area contributed by atoms with Crippen molar-refractivity contribution >= 4 is 43.6 Å². The molecule has 89 heavy (non-hydrogen) atoms. The van der Waals surface area contributed by atoms with Gasteiger partial charge in [0.25, 0.3) is 0 Å². The first-order chi connectivity index (χ1) is 43.2. The van der Waals surface area contributed by atoms with Crippen LogP contribution in [-0.4, -0.2) is 75.5 Å². The summed E-state index contributed by atoms with van der Waals surface area (Å²) in [6.45, 7) is 22.7. The largest absolute Gasteiger partial charge is 0.647 e. The molecule has 0 unspecified atom stereocenters. The number of hydrogen-bond donors (Lipinski definition) is 0. The highest BCUT2D eigenvalue weighted by Crippen LogP contribution is 2.52. The molecule has 0 heterocycles. The predicted molar refractivity (Wildman–Crippen MR) is 349 cm³/mol. The zero-order valence-electron chi connectivity index (χ0n) is 52.8. The topological polar surface area (TPSA) is 203 Å². The van der Waals surface area contributed by atoms with Gasteiger partial charge >= 0.3 is 43.6 Å². The van der Waals surface area contributed by atoms with Crippen LogP contribution >= 0.6 is 7.82 Å². The molecule has 0 atom stereocenters. The molecular formula is C72H99O16P. The Hall–Kier alpha value is -7.45. The van der Waals surface area contributed by atoms with Crippen LogP contribution in [0.4, 0.5) is 0 Å². The Kier molecular flexibility index (Phi) is 40.5. The van der Waals surface area contributed by atoms with Gasteiger partial charge in [-0.05, 0) is 167 Å². The Labute approximate surface area is 530 Å². The van der Waals surface area contributed by atoms with E-state index in [1.165, 1.54) is 0 Å². The van der Waals surface area contributed by atoms with Crippen molar-refractivity contribution in [3.63, 3.8) is 0 Å². The molecular weight excluding hydrogens is 1150 g/mol. The summed E-state index contributed by atoms with van der Waals surface area (Å²) < 4.78 is 67.7. The van der Waals surface area contributed by atoms with Crippen molar-refractivity contribution in [2.75, 3.05) is 39.6 Å². The molecule has 0 radical (unpaired) electrons. The number of unbranched alkanes of at least 4 members (excludes halogenated alkanes) is 18. The Morgan fingerprint density at radius 2 is 0.472 bits per heavy atom. The highest BCUT2D eigenvalue weighted by Gasteiger charge is 2.36. The van der Waals surface area contributed by atoms with Gasteiger partial charge in [-0.25, -0.2) is 28.8 Å². The van der Waals surface area contributed by atoms with Crippen molar-refractivity contribution in [3.8, 4) is 17.2 Å². The van der Waals surface area contributed by atoms with Crippen LogP contribution in [0.1, 0.15) is 187 Å². The van der Waals surface area contributed by atoms with E-state index in [4.69, 9.17) is 42.0 Å². The lowest BCUT2D eigenvalue weighted by Crippen LogP contribution is -2.11. The average molecular weight is 1250 g/mol. The minimum absolute atomic E-state index is 0.294. The first-order valence-electron chi connectivity index (χ1n) is 32.0. The summed E-state index contributed by atoms with van der Waals surface area (Å²) >= 11 is 0. The fraction of sp³-hybridized carbons (Fsp3) is 0.500. The van der Waals surface area contributed by atoms with Gasteiger partial charge in [0, 0.05) is 36.5 Å². The summed E-state index contributed by atoms with van der Waals surface area (Å²) in [6, 6.07) is 17.8. The van der Waals surface area contributed by atoms with Crippen LogP contribution in [0.5, 0.6) is 17.2 Å². The fourth-order valence-electron chi connectivity index (χ4n) is 9.69. The molecule has 0 fully saturated rings. The first-order valence-corrected chi connectivity index (χ1v) is 33.5. The lowest BCUT2D eigenvalue weighted by molar-refractivity contribution is -0.138. The summed E-state index contributed by atoms with van der Waals surface area (Å²) in [4.78, 5) is 69.7. The second-order valence-corrected chi connectivity index (χ2v) is 23.2. The van der Waals surface area contributed by atoms with E-state index in [9.17, 15) is 28.8 Å². The monoisotopic (exact) mass is 1250 g/mol. The standard InChI is InChI=1S/C72H99O16P/c1-7-67(73)80-49-31-19-13-25-37-58-43-46-64(61(55-58)40-28-16-22-34-52-83-70(76)10-4)86-89(79,87-65-47-44-59(38-26-14-20-32-50-81-68(74)8-2)56-62(65)41-29-17-23-35-53-84-71(77)11-5)88-66-48-45-60(39-27-15-21-33-51-82-69(75)9-3)57-63(66)42-30-18-24-36-54-85-72(78)12-6/h7-12,43-48,55-57H,1-6,13-42,49-54H2. The molecule has 0 N–H and O–H groups in total. The number of benzene rings is 3. The summed E-state index contributed by atoms with van der Waals surface area (Å²) in [5.41, 5.74) is 5.76.